The third kappa shape index (κ3) is 2.86. The normalized spacial score (nSPS) is 22.9. The van der Waals surface area contributed by atoms with E-state index in [2.05, 4.69) is 41.5 Å². The van der Waals surface area contributed by atoms with Gasteiger partial charge in [-0.2, -0.15) is 0 Å². The molecule has 0 saturated carbocycles. The number of rotatable bonds is 3. The fourth-order valence-electron chi connectivity index (χ4n) is 3.15. The van der Waals surface area contributed by atoms with Crippen molar-refractivity contribution in [2.75, 3.05) is 39.8 Å². The molecule has 4 nitrogen and oxygen atoms in total. The van der Waals surface area contributed by atoms with Crippen LogP contribution < -0.4 is 5.32 Å². The Hall–Kier alpha value is -1.39. The molecule has 1 aliphatic carbocycles. The highest BCUT2D eigenvalue weighted by Crippen LogP contribution is 2.30. The van der Waals surface area contributed by atoms with Crippen molar-refractivity contribution in [2.45, 2.75) is 18.9 Å². The molecule has 1 unspecified atom stereocenters. The highest BCUT2D eigenvalue weighted by Gasteiger charge is 2.24. The summed E-state index contributed by atoms with van der Waals surface area (Å²) in [5.74, 6) is 0.238. The van der Waals surface area contributed by atoms with Crippen LogP contribution in [0, 0.1) is 0 Å². The number of likely N-dealkylation sites (N-methyl/N-ethyl adjacent to an activating group) is 1. The van der Waals surface area contributed by atoms with E-state index in [0.29, 0.717) is 12.6 Å². The van der Waals surface area contributed by atoms with Gasteiger partial charge in [0.15, 0.2) is 0 Å². The monoisotopic (exact) mass is 273 g/mol. The van der Waals surface area contributed by atoms with Crippen molar-refractivity contribution in [3.63, 3.8) is 0 Å². The molecule has 1 fully saturated rings. The van der Waals surface area contributed by atoms with Crippen LogP contribution in [-0.2, 0) is 11.2 Å². The maximum Gasteiger partial charge on any atom is 0.236 e. The zero-order valence-corrected chi connectivity index (χ0v) is 12.1. The van der Waals surface area contributed by atoms with Crippen LogP contribution in [-0.4, -0.2) is 55.5 Å². The van der Waals surface area contributed by atoms with Crippen LogP contribution in [0.15, 0.2) is 24.3 Å². The molecule has 0 spiro atoms. The van der Waals surface area contributed by atoms with Crippen molar-refractivity contribution in [3.05, 3.63) is 35.4 Å². The summed E-state index contributed by atoms with van der Waals surface area (Å²) < 4.78 is 0. The summed E-state index contributed by atoms with van der Waals surface area (Å²) in [5.41, 5.74) is 2.80. The van der Waals surface area contributed by atoms with Gasteiger partial charge in [-0.3, -0.25) is 4.79 Å². The lowest BCUT2D eigenvalue weighted by Crippen LogP contribution is -2.49. The largest absolute Gasteiger partial charge is 0.339 e. The zero-order valence-electron chi connectivity index (χ0n) is 12.1. The van der Waals surface area contributed by atoms with Crippen LogP contribution in [0.4, 0.5) is 0 Å². The Morgan fingerprint density at radius 3 is 2.80 bits per heavy atom. The van der Waals surface area contributed by atoms with Crippen LogP contribution in [0.5, 0.6) is 0 Å². The number of hydrogen-bond donors (Lipinski definition) is 1. The molecule has 20 heavy (non-hydrogen) atoms. The van der Waals surface area contributed by atoms with E-state index in [4.69, 9.17) is 0 Å². The third-order valence-electron chi connectivity index (χ3n) is 4.49. The fraction of sp³-hybridized carbons (Fsp3) is 0.562. The van der Waals surface area contributed by atoms with E-state index >= 15 is 0 Å². The van der Waals surface area contributed by atoms with Crippen LogP contribution in [0.25, 0.3) is 0 Å². The number of nitrogens with zero attached hydrogens (tertiary/aromatic N) is 2. The molecule has 1 N–H and O–H groups in total. The lowest BCUT2D eigenvalue weighted by atomic mass is 10.1. The van der Waals surface area contributed by atoms with Gasteiger partial charge in [-0.15, -0.1) is 0 Å². The molecule has 1 heterocycles. The molecule has 0 bridgehead atoms. The van der Waals surface area contributed by atoms with Gasteiger partial charge >= 0.3 is 0 Å². The van der Waals surface area contributed by atoms with Gasteiger partial charge in [0.25, 0.3) is 0 Å². The van der Waals surface area contributed by atoms with Crippen molar-refractivity contribution in [1.82, 2.24) is 15.1 Å². The molecule has 2 aliphatic rings. The summed E-state index contributed by atoms with van der Waals surface area (Å²) in [6.07, 6.45) is 2.23. The number of nitrogens with one attached hydrogen (secondary N) is 1. The Kier molecular flexibility index (Phi) is 4.03. The quantitative estimate of drug-likeness (QED) is 0.894. The molecule has 3 rings (SSSR count). The molecule has 4 heteroatoms. The van der Waals surface area contributed by atoms with E-state index in [1.807, 2.05) is 4.90 Å². The first-order valence-corrected chi connectivity index (χ1v) is 7.51. The Morgan fingerprint density at radius 2 is 2.00 bits per heavy atom. The van der Waals surface area contributed by atoms with Gasteiger partial charge in [0.2, 0.25) is 5.91 Å². The standard InChI is InChI=1S/C16H23N3O/c1-18-8-10-19(11-9-18)16(20)12-17-15-7-6-13-4-2-3-5-14(13)15/h2-5,15,17H,6-12H2,1H3. The van der Waals surface area contributed by atoms with Crippen molar-refractivity contribution in [2.24, 2.45) is 0 Å². The van der Waals surface area contributed by atoms with E-state index in [0.717, 1.165) is 39.0 Å². The summed E-state index contributed by atoms with van der Waals surface area (Å²) >= 11 is 0. The van der Waals surface area contributed by atoms with E-state index in [1.54, 1.807) is 0 Å². The number of carbonyl (C=O) groups excluding carboxylic acids is 1. The minimum atomic E-state index is 0.238. The van der Waals surface area contributed by atoms with E-state index in [-0.39, 0.29) is 5.91 Å². The number of amides is 1. The van der Waals surface area contributed by atoms with Gasteiger partial charge in [0.05, 0.1) is 6.54 Å². The molecule has 0 radical (unpaired) electrons. The number of fused-ring (bicyclic) bond motifs is 1. The number of hydrogen-bond acceptors (Lipinski definition) is 3. The summed E-state index contributed by atoms with van der Waals surface area (Å²) in [4.78, 5) is 16.5. The fourth-order valence-corrected chi connectivity index (χ4v) is 3.15. The molecular formula is C16H23N3O. The van der Waals surface area contributed by atoms with Crippen molar-refractivity contribution >= 4 is 5.91 Å². The first-order chi connectivity index (χ1) is 9.74. The molecule has 0 aromatic heterocycles. The van der Waals surface area contributed by atoms with E-state index < -0.39 is 0 Å². The molecule has 1 aromatic rings. The average Bonchev–Trinajstić information content (AvgIpc) is 2.89. The second-order valence-corrected chi connectivity index (χ2v) is 5.86. The Bertz CT molecular complexity index is 480. The second kappa shape index (κ2) is 5.94. The minimum absolute atomic E-state index is 0.238. The molecule has 1 amide bonds. The first kappa shape index (κ1) is 13.6. The number of aryl methyl sites for hydroxylation is 1. The molecule has 1 atom stereocenters. The van der Waals surface area contributed by atoms with Crippen LogP contribution >= 0.6 is 0 Å². The van der Waals surface area contributed by atoms with Gasteiger partial charge in [-0.05, 0) is 31.0 Å². The number of benzene rings is 1. The van der Waals surface area contributed by atoms with Gasteiger partial charge in [0, 0.05) is 32.2 Å². The summed E-state index contributed by atoms with van der Waals surface area (Å²) in [5, 5.41) is 3.44. The second-order valence-electron chi connectivity index (χ2n) is 5.86. The smallest absolute Gasteiger partial charge is 0.236 e. The molecular weight excluding hydrogens is 250 g/mol. The van der Waals surface area contributed by atoms with Gasteiger partial charge in [-0.1, -0.05) is 24.3 Å². The predicted octanol–water partition coefficient (Wildman–Crippen LogP) is 1.04. The third-order valence-corrected chi connectivity index (χ3v) is 4.49. The molecule has 1 aliphatic heterocycles. The lowest BCUT2D eigenvalue weighted by Gasteiger charge is -2.32. The van der Waals surface area contributed by atoms with Crippen molar-refractivity contribution < 1.29 is 4.79 Å². The van der Waals surface area contributed by atoms with Gasteiger partial charge in [-0.25, -0.2) is 0 Å². The Labute approximate surface area is 120 Å². The average molecular weight is 273 g/mol. The van der Waals surface area contributed by atoms with Crippen LogP contribution in [0.2, 0.25) is 0 Å². The van der Waals surface area contributed by atoms with Gasteiger partial charge in [0.1, 0.15) is 0 Å². The SMILES string of the molecule is CN1CCN(C(=O)CNC2CCc3ccccc32)CC1. The molecule has 108 valence electrons. The Morgan fingerprint density at radius 1 is 1.25 bits per heavy atom. The summed E-state index contributed by atoms with van der Waals surface area (Å²) in [6, 6.07) is 8.90. The summed E-state index contributed by atoms with van der Waals surface area (Å²) in [7, 11) is 2.11. The number of piperazine rings is 1. The molecule has 1 aromatic carbocycles. The van der Waals surface area contributed by atoms with Crippen LogP contribution in [0.1, 0.15) is 23.6 Å². The minimum Gasteiger partial charge on any atom is -0.339 e. The van der Waals surface area contributed by atoms with Crippen molar-refractivity contribution in [3.8, 4) is 0 Å². The maximum atomic E-state index is 12.2. The highest BCUT2D eigenvalue weighted by molar-refractivity contribution is 5.78. The Balaban J connectivity index is 1.52. The predicted molar refractivity (Wildman–Crippen MR) is 79.6 cm³/mol. The summed E-state index contributed by atoms with van der Waals surface area (Å²) in [6.45, 7) is 4.15. The van der Waals surface area contributed by atoms with Crippen molar-refractivity contribution in [1.29, 1.82) is 0 Å². The van der Waals surface area contributed by atoms with Crippen LogP contribution in [0.3, 0.4) is 0 Å². The molecule has 1 saturated heterocycles. The maximum absolute atomic E-state index is 12.2. The lowest BCUT2D eigenvalue weighted by molar-refractivity contribution is -0.131. The van der Waals surface area contributed by atoms with E-state index in [9.17, 15) is 4.79 Å². The zero-order chi connectivity index (χ0) is 13.9. The number of carbonyl (C=O) groups is 1. The highest BCUT2D eigenvalue weighted by atomic mass is 16.2. The first-order valence-electron chi connectivity index (χ1n) is 7.51. The topological polar surface area (TPSA) is 35.6 Å². The van der Waals surface area contributed by atoms with Gasteiger partial charge < -0.3 is 15.1 Å². The van der Waals surface area contributed by atoms with E-state index in [1.165, 1.54) is 11.1 Å².